The van der Waals surface area contributed by atoms with Crippen molar-refractivity contribution in [3.05, 3.63) is 34.3 Å². The number of benzene rings is 1. The minimum atomic E-state index is -2.31. The van der Waals surface area contributed by atoms with E-state index >= 15 is 0 Å². The van der Waals surface area contributed by atoms with Crippen molar-refractivity contribution >= 4 is 11.6 Å². The first-order valence-corrected chi connectivity index (χ1v) is 4.83. The fourth-order valence-electron chi connectivity index (χ4n) is 1.69. The largest absolute Gasteiger partial charge is 0.304 e. The highest BCUT2D eigenvalue weighted by atomic mass is 35.5. The van der Waals surface area contributed by atoms with Gasteiger partial charge in [-0.3, -0.25) is 0 Å². The van der Waals surface area contributed by atoms with Gasteiger partial charge in [0.2, 0.25) is 0 Å². The van der Waals surface area contributed by atoms with Crippen LogP contribution in [0.25, 0.3) is 0 Å². The van der Waals surface area contributed by atoms with Crippen molar-refractivity contribution < 1.29 is 8.78 Å². The summed E-state index contributed by atoms with van der Waals surface area (Å²) in [6.45, 7) is 0.477. The highest BCUT2D eigenvalue weighted by Gasteiger charge is 2.25. The highest BCUT2D eigenvalue weighted by molar-refractivity contribution is 6.30. The Kier molecular flexibility index (Phi) is 2.70. The van der Waals surface area contributed by atoms with Crippen LogP contribution in [0.5, 0.6) is 0 Å². The van der Waals surface area contributed by atoms with Crippen LogP contribution in [0.1, 0.15) is 11.1 Å². The molecule has 0 bridgehead atoms. The molecule has 0 saturated heterocycles. The smallest absolute Gasteiger partial charge is 0.254 e. The standard InChI is InChI=1S/C10H10ClF2N/c11-8-2-1-6-4-9(10(12)13)14-5-7(6)3-8/h1-3,9-10,14H,4-5H2. The average Bonchev–Trinajstić information content (AvgIpc) is 2.16. The van der Waals surface area contributed by atoms with Crippen molar-refractivity contribution in [1.82, 2.24) is 5.32 Å². The number of halogens is 3. The van der Waals surface area contributed by atoms with E-state index in [2.05, 4.69) is 5.32 Å². The second-order valence-electron chi connectivity index (χ2n) is 3.44. The van der Waals surface area contributed by atoms with Gasteiger partial charge in [0.15, 0.2) is 0 Å². The predicted octanol–water partition coefficient (Wildman–Crippen LogP) is 2.62. The van der Waals surface area contributed by atoms with Crippen LogP contribution in [-0.2, 0) is 13.0 Å². The molecule has 1 aromatic rings. The molecule has 1 aromatic carbocycles. The van der Waals surface area contributed by atoms with E-state index in [1.807, 2.05) is 12.1 Å². The summed E-state index contributed by atoms with van der Waals surface area (Å²) in [5.74, 6) is 0. The molecule has 1 heterocycles. The molecule has 0 spiro atoms. The van der Waals surface area contributed by atoms with Gasteiger partial charge < -0.3 is 5.32 Å². The Labute approximate surface area is 86.1 Å². The molecule has 1 unspecified atom stereocenters. The topological polar surface area (TPSA) is 12.0 Å². The van der Waals surface area contributed by atoms with Gasteiger partial charge in [0.25, 0.3) is 6.43 Å². The maximum atomic E-state index is 12.4. The Hall–Kier alpha value is -0.670. The van der Waals surface area contributed by atoms with Crippen LogP contribution in [-0.4, -0.2) is 12.5 Å². The second kappa shape index (κ2) is 3.83. The van der Waals surface area contributed by atoms with Gasteiger partial charge in [-0.15, -0.1) is 0 Å². The highest BCUT2D eigenvalue weighted by Crippen LogP contribution is 2.22. The summed E-state index contributed by atoms with van der Waals surface area (Å²) in [6.07, 6.45) is -1.93. The van der Waals surface area contributed by atoms with E-state index in [0.717, 1.165) is 11.1 Å². The number of hydrogen-bond donors (Lipinski definition) is 1. The Balaban J connectivity index is 2.23. The van der Waals surface area contributed by atoms with E-state index in [9.17, 15) is 8.78 Å². The monoisotopic (exact) mass is 217 g/mol. The third-order valence-corrected chi connectivity index (χ3v) is 2.70. The van der Waals surface area contributed by atoms with Crippen molar-refractivity contribution in [2.45, 2.75) is 25.4 Å². The van der Waals surface area contributed by atoms with Crippen molar-refractivity contribution in [3.63, 3.8) is 0 Å². The summed E-state index contributed by atoms with van der Waals surface area (Å²) in [5, 5.41) is 3.45. The van der Waals surface area contributed by atoms with Crippen LogP contribution in [0.15, 0.2) is 18.2 Å². The van der Waals surface area contributed by atoms with Gasteiger partial charge in [-0.2, -0.15) is 0 Å². The number of rotatable bonds is 1. The van der Waals surface area contributed by atoms with E-state index in [0.29, 0.717) is 18.0 Å². The first kappa shape index (κ1) is 9.87. The summed E-state index contributed by atoms with van der Waals surface area (Å²) >= 11 is 5.80. The SMILES string of the molecule is FC(F)C1Cc2ccc(Cl)cc2CN1. The van der Waals surface area contributed by atoms with Crippen molar-refractivity contribution in [2.75, 3.05) is 0 Å². The number of fused-ring (bicyclic) bond motifs is 1. The van der Waals surface area contributed by atoms with Gasteiger partial charge in [0.05, 0.1) is 6.04 Å². The van der Waals surface area contributed by atoms with E-state index in [4.69, 9.17) is 11.6 Å². The predicted molar refractivity (Wildman–Crippen MR) is 51.8 cm³/mol. The molecule has 1 atom stereocenters. The molecule has 0 fully saturated rings. The molecule has 0 saturated carbocycles. The number of nitrogens with one attached hydrogen (secondary N) is 1. The molecule has 76 valence electrons. The maximum absolute atomic E-state index is 12.4. The normalized spacial score (nSPS) is 21.0. The summed E-state index contributed by atoms with van der Waals surface area (Å²) in [5.41, 5.74) is 1.99. The second-order valence-corrected chi connectivity index (χ2v) is 3.88. The van der Waals surface area contributed by atoms with Gasteiger partial charge in [0, 0.05) is 11.6 Å². The first-order chi connectivity index (χ1) is 6.66. The lowest BCUT2D eigenvalue weighted by atomic mass is 9.96. The van der Waals surface area contributed by atoms with Gasteiger partial charge in [-0.25, -0.2) is 8.78 Å². The molecule has 0 aliphatic carbocycles. The zero-order chi connectivity index (χ0) is 10.1. The number of hydrogen-bond acceptors (Lipinski definition) is 1. The molecular weight excluding hydrogens is 208 g/mol. The van der Waals surface area contributed by atoms with Crippen LogP contribution < -0.4 is 5.32 Å². The molecule has 14 heavy (non-hydrogen) atoms. The lowest BCUT2D eigenvalue weighted by Crippen LogP contribution is -2.40. The van der Waals surface area contributed by atoms with Crippen LogP contribution in [0.2, 0.25) is 5.02 Å². The fourth-order valence-corrected chi connectivity index (χ4v) is 1.88. The lowest BCUT2D eigenvalue weighted by Gasteiger charge is -2.25. The lowest BCUT2D eigenvalue weighted by molar-refractivity contribution is 0.0942. The quantitative estimate of drug-likeness (QED) is 0.763. The summed E-state index contributed by atoms with van der Waals surface area (Å²) in [7, 11) is 0. The van der Waals surface area contributed by atoms with Gasteiger partial charge in [0.1, 0.15) is 0 Å². The molecule has 1 N–H and O–H groups in total. The molecule has 1 nitrogen and oxygen atoms in total. The zero-order valence-electron chi connectivity index (χ0n) is 7.43. The van der Waals surface area contributed by atoms with E-state index < -0.39 is 12.5 Å². The van der Waals surface area contributed by atoms with Gasteiger partial charge >= 0.3 is 0 Å². The minimum Gasteiger partial charge on any atom is -0.304 e. The molecular formula is C10H10ClF2N. The molecule has 0 aromatic heterocycles. The van der Waals surface area contributed by atoms with Crippen LogP contribution >= 0.6 is 11.6 Å². The molecule has 0 radical (unpaired) electrons. The summed E-state index contributed by atoms with van der Waals surface area (Å²) in [6, 6.07) is 4.68. The van der Waals surface area contributed by atoms with Crippen molar-refractivity contribution in [3.8, 4) is 0 Å². The van der Waals surface area contributed by atoms with Crippen LogP contribution in [0, 0.1) is 0 Å². The van der Waals surface area contributed by atoms with Gasteiger partial charge in [-0.1, -0.05) is 17.7 Å². The van der Waals surface area contributed by atoms with Crippen molar-refractivity contribution in [1.29, 1.82) is 0 Å². The average molecular weight is 218 g/mol. The fraction of sp³-hybridized carbons (Fsp3) is 0.400. The molecule has 0 amide bonds. The van der Waals surface area contributed by atoms with E-state index in [1.54, 1.807) is 6.07 Å². The summed E-state index contributed by atoms with van der Waals surface area (Å²) < 4.78 is 24.8. The third-order valence-electron chi connectivity index (χ3n) is 2.47. The van der Waals surface area contributed by atoms with Crippen LogP contribution in [0.3, 0.4) is 0 Å². The van der Waals surface area contributed by atoms with Crippen LogP contribution in [0.4, 0.5) is 8.78 Å². The summed E-state index contributed by atoms with van der Waals surface area (Å²) in [4.78, 5) is 0. The Bertz CT molecular complexity index is 341. The number of alkyl halides is 2. The molecule has 1 aliphatic rings. The molecule has 1 aliphatic heterocycles. The maximum Gasteiger partial charge on any atom is 0.254 e. The molecule has 2 rings (SSSR count). The first-order valence-electron chi connectivity index (χ1n) is 4.45. The van der Waals surface area contributed by atoms with Crippen molar-refractivity contribution in [2.24, 2.45) is 0 Å². The van der Waals surface area contributed by atoms with E-state index in [1.165, 1.54) is 0 Å². The van der Waals surface area contributed by atoms with E-state index in [-0.39, 0.29) is 0 Å². The Morgan fingerprint density at radius 3 is 2.86 bits per heavy atom. The minimum absolute atomic E-state index is 0.379. The molecule has 4 heteroatoms. The third kappa shape index (κ3) is 1.88. The van der Waals surface area contributed by atoms with Gasteiger partial charge in [-0.05, 0) is 29.7 Å². The Morgan fingerprint density at radius 2 is 2.14 bits per heavy atom. The Morgan fingerprint density at radius 1 is 1.36 bits per heavy atom. The zero-order valence-corrected chi connectivity index (χ0v) is 8.19.